The number of hydrogen-bond donors (Lipinski definition) is 1. The maximum atomic E-state index is 11.0. The molecule has 2 aromatic heterocycles. The van der Waals surface area contributed by atoms with Crippen molar-refractivity contribution in [2.45, 2.75) is 0 Å². The van der Waals surface area contributed by atoms with E-state index in [1.54, 1.807) is 16.8 Å². The van der Waals surface area contributed by atoms with E-state index in [4.69, 9.17) is 9.84 Å². The smallest absolute Gasteiger partial charge is 0.407 e. The van der Waals surface area contributed by atoms with Gasteiger partial charge in [0.25, 0.3) is 5.88 Å². The minimum atomic E-state index is -0.903. The molecule has 4 rings (SSSR count). The summed E-state index contributed by atoms with van der Waals surface area (Å²) >= 11 is 1.06. The lowest BCUT2D eigenvalue weighted by molar-refractivity contribution is 0.142. The second-order valence-corrected chi connectivity index (χ2v) is 6.03. The zero-order chi connectivity index (χ0) is 17.9. The molecule has 0 aliphatic carbocycles. The van der Waals surface area contributed by atoms with Gasteiger partial charge in [0, 0.05) is 26.2 Å². The van der Waals surface area contributed by atoms with Crippen LogP contribution in [0.3, 0.4) is 0 Å². The molecule has 1 aliphatic rings. The summed E-state index contributed by atoms with van der Waals surface area (Å²) in [5, 5.41) is 20.1. The molecule has 1 N–H and O–H groups in total. The van der Waals surface area contributed by atoms with Crippen LogP contribution in [0.2, 0.25) is 0 Å². The third kappa shape index (κ3) is 3.26. The van der Waals surface area contributed by atoms with Crippen LogP contribution in [0.1, 0.15) is 0 Å². The van der Waals surface area contributed by atoms with Crippen LogP contribution in [0.15, 0.2) is 30.6 Å². The largest absolute Gasteiger partial charge is 0.465 e. The highest BCUT2D eigenvalue weighted by Crippen LogP contribution is 2.31. The van der Waals surface area contributed by atoms with Gasteiger partial charge in [-0.2, -0.15) is 4.37 Å². The lowest BCUT2D eigenvalue weighted by Crippen LogP contribution is -2.48. The molecule has 0 atom stereocenters. The Hall–Kier alpha value is -3.28. The number of aromatic nitrogens is 6. The first-order chi connectivity index (χ1) is 12.7. The second kappa shape index (κ2) is 6.92. The van der Waals surface area contributed by atoms with E-state index in [9.17, 15) is 4.79 Å². The molecule has 0 saturated carbocycles. The fourth-order valence-electron chi connectivity index (χ4n) is 2.60. The third-order valence-corrected chi connectivity index (χ3v) is 4.46. The van der Waals surface area contributed by atoms with Gasteiger partial charge in [-0.1, -0.05) is 0 Å². The summed E-state index contributed by atoms with van der Waals surface area (Å²) in [5.41, 5.74) is 0.809. The zero-order valence-electron chi connectivity index (χ0n) is 13.5. The van der Waals surface area contributed by atoms with Crippen LogP contribution in [-0.4, -0.2) is 71.2 Å². The Kier molecular flexibility index (Phi) is 4.31. The number of ether oxygens (including phenoxy) is 1. The van der Waals surface area contributed by atoms with Crippen LogP contribution < -0.4 is 9.64 Å². The van der Waals surface area contributed by atoms with Crippen LogP contribution in [0.4, 0.5) is 10.6 Å². The van der Waals surface area contributed by atoms with Crippen molar-refractivity contribution in [2.24, 2.45) is 0 Å². The molecule has 11 nitrogen and oxygen atoms in total. The minimum absolute atomic E-state index is 0.411. The van der Waals surface area contributed by atoms with Crippen molar-refractivity contribution in [3.8, 4) is 17.3 Å². The van der Waals surface area contributed by atoms with Crippen molar-refractivity contribution in [2.75, 3.05) is 31.1 Å². The average molecular weight is 374 g/mol. The van der Waals surface area contributed by atoms with Crippen molar-refractivity contribution in [1.29, 1.82) is 0 Å². The number of tetrazole rings is 1. The molecule has 0 unspecified atom stereocenters. The summed E-state index contributed by atoms with van der Waals surface area (Å²) in [6, 6.07) is 7.25. The summed E-state index contributed by atoms with van der Waals surface area (Å²) in [4.78, 5) is 14.4. The predicted octanol–water partition coefficient (Wildman–Crippen LogP) is 1.11. The quantitative estimate of drug-likeness (QED) is 0.715. The molecule has 0 spiro atoms. The Morgan fingerprint density at radius 3 is 2.54 bits per heavy atom. The molecule has 0 radical (unpaired) electrons. The van der Waals surface area contributed by atoms with Crippen LogP contribution in [-0.2, 0) is 0 Å². The van der Waals surface area contributed by atoms with E-state index in [0.29, 0.717) is 43.6 Å². The molecule has 1 aromatic carbocycles. The first-order valence-electron chi connectivity index (χ1n) is 7.77. The highest BCUT2D eigenvalue weighted by molar-refractivity contribution is 6.99. The SMILES string of the molecule is O=C(O)N1CCN(c2nsnc2Oc2ccc(-n3cnnn3)cc2)CC1. The molecule has 1 amide bonds. The van der Waals surface area contributed by atoms with Crippen molar-refractivity contribution >= 4 is 23.6 Å². The molecule has 3 aromatic rings. The Labute approximate surface area is 151 Å². The molecule has 26 heavy (non-hydrogen) atoms. The van der Waals surface area contributed by atoms with Gasteiger partial charge in [0.15, 0.2) is 0 Å². The van der Waals surface area contributed by atoms with E-state index in [1.165, 1.54) is 11.2 Å². The topological polar surface area (TPSA) is 122 Å². The van der Waals surface area contributed by atoms with E-state index in [1.807, 2.05) is 17.0 Å². The van der Waals surface area contributed by atoms with E-state index in [0.717, 1.165) is 17.4 Å². The fourth-order valence-corrected chi connectivity index (χ4v) is 3.11. The Morgan fingerprint density at radius 2 is 1.88 bits per heavy atom. The number of benzene rings is 1. The Morgan fingerprint density at radius 1 is 1.12 bits per heavy atom. The van der Waals surface area contributed by atoms with Crippen LogP contribution in [0.5, 0.6) is 11.6 Å². The van der Waals surface area contributed by atoms with Crippen molar-refractivity contribution in [1.82, 2.24) is 33.9 Å². The predicted molar refractivity (Wildman–Crippen MR) is 90.9 cm³/mol. The van der Waals surface area contributed by atoms with Crippen molar-refractivity contribution < 1.29 is 14.6 Å². The number of piperazine rings is 1. The standard InChI is InChI=1S/C14H14N8O3S/c23-14(24)21-7-5-20(6-8-21)12-13(17-26-16-12)25-11-3-1-10(2-4-11)22-9-15-18-19-22/h1-4,9H,5-8H2,(H,23,24). The molecule has 1 aliphatic heterocycles. The maximum absolute atomic E-state index is 11.0. The van der Waals surface area contributed by atoms with E-state index in [-0.39, 0.29) is 0 Å². The van der Waals surface area contributed by atoms with Crippen LogP contribution in [0, 0.1) is 0 Å². The first kappa shape index (κ1) is 16.2. The summed E-state index contributed by atoms with van der Waals surface area (Å²) in [7, 11) is 0. The number of rotatable bonds is 4. The number of nitrogens with zero attached hydrogens (tertiary/aromatic N) is 8. The summed E-state index contributed by atoms with van der Waals surface area (Å²) in [5.74, 6) is 1.65. The van der Waals surface area contributed by atoms with E-state index >= 15 is 0 Å². The van der Waals surface area contributed by atoms with Crippen LogP contribution >= 0.6 is 11.7 Å². The summed E-state index contributed by atoms with van der Waals surface area (Å²) in [6.45, 7) is 1.94. The van der Waals surface area contributed by atoms with Crippen LogP contribution in [0.25, 0.3) is 5.69 Å². The molecule has 3 heterocycles. The number of hydrogen-bond acceptors (Lipinski definition) is 9. The zero-order valence-corrected chi connectivity index (χ0v) is 14.3. The third-order valence-electron chi connectivity index (χ3n) is 3.96. The number of carbonyl (C=O) groups is 1. The normalized spacial score (nSPS) is 14.5. The van der Waals surface area contributed by atoms with Crippen molar-refractivity contribution in [3.63, 3.8) is 0 Å². The van der Waals surface area contributed by atoms with Gasteiger partial charge in [-0.05, 0) is 34.7 Å². The lowest BCUT2D eigenvalue weighted by atomic mass is 10.3. The average Bonchev–Trinajstić information content (AvgIpc) is 3.34. The Bertz CT molecular complexity index is 874. The molecular weight excluding hydrogens is 360 g/mol. The van der Waals surface area contributed by atoms with Gasteiger partial charge in [0.05, 0.1) is 17.4 Å². The molecular formula is C14H14N8O3S. The minimum Gasteiger partial charge on any atom is -0.465 e. The highest BCUT2D eigenvalue weighted by atomic mass is 32.1. The van der Waals surface area contributed by atoms with Gasteiger partial charge in [-0.25, -0.2) is 9.48 Å². The summed E-state index contributed by atoms with van der Waals surface area (Å²) in [6.07, 6.45) is 0.606. The maximum Gasteiger partial charge on any atom is 0.407 e. The molecule has 12 heteroatoms. The summed E-state index contributed by atoms with van der Waals surface area (Å²) < 4.78 is 15.9. The van der Waals surface area contributed by atoms with Gasteiger partial charge < -0.3 is 19.6 Å². The highest BCUT2D eigenvalue weighted by Gasteiger charge is 2.25. The van der Waals surface area contributed by atoms with Gasteiger partial charge in [-0.3, -0.25) is 0 Å². The fraction of sp³-hybridized carbons (Fsp3) is 0.286. The number of amides is 1. The van der Waals surface area contributed by atoms with Gasteiger partial charge in [-0.15, -0.1) is 9.47 Å². The van der Waals surface area contributed by atoms with Crippen molar-refractivity contribution in [3.05, 3.63) is 30.6 Å². The Balaban J connectivity index is 1.45. The number of carboxylic acid groups (broad SMARTS) is 1. The van der Waals surface area contributed by atoms with Gasteiger partial charge in [0.1, 0.15) is 12.1 Å². The molecule has 0 bridgehead atoms. The second-order valence-electron chi connectivity index (χ2n) is 5.50. The molecule has 1 fully saturated rings. The van der Waals surface area contributed by atoms with E-state index < -0.39 is 6.09 Å². The number of anilines is 1. The first-order valence-corrected chi connectivity index (χ1v) is 8.50. The molecule has 134 valence electrons. The monoisotopic (exact) mass is 374 g/mol. The van der Waals surface area contributed by atoms with Gasteiger partial charge in [0.2, 0.25) is 5.82 Å². The molecule has 1 saturated heterocycles. The lowest BCUT2D eigenvalue weighted by Gasteiger charge is -2.33. The van der Waals surface area contributed by atoms with E-state index in [2.05, 4.69) is 24.3 Å². The van der Waals surface area contributed by atoms with Gasteiger partial charge >= 0.3 is 6.09 Å².